The normalized spacial score (nSPS) is 19.2. The highest BCUT2D eigenvalue weighted by Crippen LogP contribution is 2.07. The molecule has 19 heavy (non-hydrogen) atoms. The van der Waals surface area contributed by atoms with Crippen molar-refractivity contribution in [3.8, 4) is 0 Å². The molecule has 9 heteroatoms. The molecule has 9 nitrogen and oxygen atoms in total. The van der Waals surface area contributed by atoms with Gasteiger partial charge >= 0.3 is 12.0 Å². The maximum absolute atomic E-state index is 12.0. The molecule has 1 aromatic rings. The molecule has 1 aliphatic rings. The van der Waals surface area contributed by atoms with Crippen molar-refractivity contribution in [3.05, 3.63) is 12.2 Å². The standard InChI is InChI=1S/C10H15N5O4/c1-14-6-12-13-8(14)4-11-10(18)15-2-3-19-5-7(15)9(16)17/h6-7H,2-5H2,1H3,(H,11,18)(H,16,17). The van der Waals surface area contributed by atoms with Crippen molar-refractivity contribution in [1.29, 1.82) is 0 Å². The number of amides is 2. The van der Waals surface area contributed by atoms with E-state index in [1.54, 1.807) is 11.6 Å². The van der Waals surface area contributed by atoms with E-state index in [1.807, 2.05) is 0 Å². The number of carbonyl (C=O) groups excluding carboxylic acids is 1. The second-order valence-electron chi connectivity index (χ2n) is 4.14. The molecule has 2 amide bonds. The van der Waals surface area contributed by atoms with Gasteiger partial charge in [0.05, 0.1) is 19.8 Å². The zero-order valence-electron chi connectivity index (χ0n) is 10.4. The number of carboxylic acid groups (broad SMARTS) is 1. The Labute approximate surface area is 109 Å². The third-order valence-electron chi connectivity index (χ3n) is 2.88. The minimum atomic E-state index is -1.08. The van der Waals surface area contributed by atoms with Gasteiger partial charge in [-0.25, -0.2) is 9.59 Å². The van der Waals surface area contributed by atoms with E-state index in [-0.39, 0.29) is 19.7 Å². The van der Waals surface area contributed by atoms with Crippen LogP contribution in [0.25, 0.3) is 0 Å². The van der Waals surface area contributed by atoms with Gasteiger partial charge < -0.3 is 24.6 Å². The van der Waals surface area contributed by atoms with Gasteiger partial charge in [-0.2, -0.15) is 0 Å². The first kappa shape index (κ1) is 13.3. The predicted molar refractivity (Wildman–Crippen MR) is 62.2 cm³/mol. The van der Waals surface area contributed by atoms with Gasteiger partial charge in [-0.05, 0) is 0 Å². The first-order valence-electron chi connectivity index (χ1n) is 5.77. The van der Waals surface area contributed by atoms with Crippen LogP contribution < -0.4 is 5.32 Å². The van der Waals surface area contributed by atoms with E-state index in [4.69, 9.17) is 9.84 Å². The van der Waals surface area contributed by atoms with Gasteiger partial charge in [0, 0.05) is 13.6 Å². The number of hydrogen-bond donors (Lipinski definition) is 2. The second-order valence-corrected chi connectivity index (χ2v) is 4.14. The highest BCUT2D eigenvalue weighted by molar-refractivity contribution is 5.82. The maximum Gasteiger partial charge on any atom is 0.328 e. The van der Waals surface area contributed by atoms with Crippen molar-refractivity contribution >= 4 is 12.0 Å². The highest BCUT2D eigenvalue weighted by Gasteiger charge is 2.32. The van der Waals surface area contributed by atoms with Crippen molar-refractivity contribution in [3.63, 3.8) is 0 Å². The summed E-state index contributed by atoms with van der Waals surface area (Å²) in [6, 6.07) is -1.40. The van der Waals surface area contributed by atoms with Crippen LogP contribution >= 0.6 is 0 Å². The number of aryl methyl sites for hydroxylation is 1. The summed E-state index contributed by atoms with van der Waals surface area (Å²) in [6.45, 7) is 0.786. The van der Waals surface area contributed by atoms with Crippen LogP contribution in [0.1, 0.15) is 5.82 Å². The number of carbonyl (C=O) groups is 2. The Morgan fingerprint density at radius 1 is 1.63 bits per heavy atom. The Balaban J connectivity index is 1.94. The van der Waals surface area contributed by atoms with Crippen molar-refractivity contribution in [2.75, 3.05) is 19.8 Å². The Hall–Kier alpha value is -2.16. The molecule has 0 bridgehead atoms. The summed E-state index contributed by atoms with van der Waals surface area (Å²) in [5.41, 5.74) is 0. The molecule has 2 N–H and O–H groups in total. The number of hydrogen-bond acceptors (Lipinski definition) is 5. The van der Waals surface area contributed by atoms with E-state index in [0.717, 1.165) is 0 Å². The van der Waals surface area contributed by atoms with Gasteiger partial charge in [-0.15, -0.1) is 10.2 Å². The summed E-state index contributed by atoms with van der Waals surface area (Å²) in [5.74, 6) is -0.484. The number of urea groups is 1. The summed E-state index contributed by atoms with van der Waals surface area (Å²) < 4.78 is 6.74. The van der Waals surface area contributed by atoms with Crippen molar-refractivity contribution in [2.24, 2.45) is 7.05 Å². The van der Waals surface area contributed by atoms with Crippen LogP contribution in [-0.4, -0.2) is 62.6 Å². The maximum atomic E-state index is 12.0. The Bertz CT molecular complexity index is 474. The minimum absolute atomic E-state index is 0.00666. The smallest absolute Gasteiger partial charge is 0.328 e. The van der Waals surface area contributed by atoms with Crippen molar-refractivity contribution < 1.29 is 19.4 Å². The summed E-state index contributed by atoms with van der Waals surface area (Å²) in [7, 11) is 1.76. The van der Waals surface area contributed by atoms with Crippen LogP contribution in [-0.2, 0) is 23.1 Å². The SMILES string of the molecule is Cn1cnnc1CNC(=O)N1CCOCC1C(=O)O. The van der Waals surface area contributed by atoms with Gasteiger partial charge in [0.15, 0.2) is 11.9 Å². The van der Waals surface area contributed by atoms with E-state index < -0.39 is 18.0 Å². The number of carboxylic acids is 1. The van der Waals surface area contributed by atoms with Crippen LogP contribution in [0.4, 0.5) is 4.79 Å². The molecule has 1 unspecified atom stereocenters. The lowest BCUT2D eigenvalue weighted by Crippen LogP contribution is -2.55. The monoisotopic (exact) mass is 269 g/mol. The van der Waals surface area contributed by atoms with E-state index in [0.29, 0.717) is 12.4 Å². The number of ether oxygens (including phenoxy) is 1. The molecule has 1 fully saturated rings. The molecule has 0 saturated carbocycles. The topological polar surface area (TPSA) is 110 Å². The molecule has 0 radical (unpaired) electrons. The zero-order valence-corrected chi connectivity index (χ0v) is 10.4. The summed E-state index contributed by atoms with van der Waals surface area (Å²) in [6.07, 6.45) is 1.52. The molecule has 2 rings (SSSR count). The fraction of sp³-hybridized carbons (Fsp3) is 0.600. The van der Waals surface area contributed by atoms with Crippen molar-refractivity contribution in [2.45, 2.75) is 12.6 Å². The van der Waals surface area contributed by atoms with Crippen LogP contribution in [0.2, 0.25) is 0 Å². The number of aliphatic carboxylic acids is 1. The third kappa shape index (κ3) is 2.99. The van der Waals surface area contributed by atoms with Crippen LogP contribution in [0.5, 0.6) is 0 Å². The molecule has 0 spiro atoms. The summed E-state index contributed by atoms with van der Waals surface area (Å²) >= 11 is 0. The molecule has 1 atom stereocenters. The van der Waals surface area contributed by atoms with Gasteiger partial charge in [0.25, 0.3) is 0 Å². The molecule has 2 heterocycles. The largest absolute Gasteiger partial charge is 0.480 e. The van der Waals surface area contributed by atoms with E-state index in [2.05, 4.69) is 15.5 Å². The van der Waals surface area contributed by atoms with Crippen LogP contribution in [0.3, 0.4) is 0 Å². The van der Waals surface area contributed by atoms with E-state index in [1.165, 1.54) is 11.2 Å². The first-order valence-corrected chi connectivity index (χ1v) is 5.77. The molecule has 0 aliphatic carbocycles. The third-order valence-corrected chi connectivity index (χ3v) is 2.88. The van der Waals surface area contributed by atoms with Gasteiger partial charge in [0.2, 0.25) is 0 Å². The minimum Gasteiger partial charge on any atom is -0.480 e. The number of nitrogens with zero attached hydrogens (tertiary/aromatic N) is 4. The number of nitrogens with one attached hydrogen (secondary N) is 1. The molecule has 1 aromatic heterocycles. The molecule has 0 aromatic carbocycles. The Morgan fingerprint density at radius 3 is 3.05 bits per heavy atom. The molecular weight excluding hydrogens is 254 g/mol. The number of aromatic nitrogens is 3. The average Bonchev–Trinajstić information content (AvgIpc) is 2.81. The number of rotatable bonds is 3. The highest BCUT2D eigenvalue weighted by atomic mass is 16.5. The molecular formula is C10H15N5O4. The lowest BCUT2D eigenvalue weighted by Gasteiger charge is -2.32. The fourth-order valence-electron chi connectivity index (χ4n) is 1.77. The van der Waals surface area contributed by atoms with Crippen LogP contribution in [0, 0.1) is 0 Å². The zero-order chi connectivity index (χ0) is 13.8. The van der Waals surface area contributed by atoms with Crippen LogP contribution in [0.15, 0.2) is 6.33 Å². The lowest BCUT2D eigenvalue weighted by molar-refractivity contribution is -0.147. The number of morpholine rings is 1. The fourth-order valence-corrected chi connectivity index (χ4v) is 1.77. The quantitative estimate of drug-likeness (QED) is 0.714. The van der Waals surface area contributed by atoms with Crippen molar-refractivity contribution in [1.82, 2.24) is 25.0 Å². The van der Waals surface area contributed by atoms with E-state index >= 15 is 0 Å². The van der Waals surface area contributed by atoms with Gasteiger partial charge in [-0.1, -0.05) is 0 Å². The Kier molecular flexibility index (Phi) is 3.95. The van der Waals surface area contributed by atoms with Gasteiger partial charge in [0.1, 0.15) is 6.33 Å². The van der Waals surface area contributed by atoms with Gasteiger partial charge in [-0.3, -0.25) is 0 Å². The lowest BCUT2D eigenvalue weighted by atomic mass is 10.2. The Morgan fingerprint density at radius 2 is 2.42 bits per heavy atom. The average molecular weight is 269 g/mol. The molecule has 1 aliphatic heterocycles. The second kappa shape index (κ2) is 5.65. The first-order chi connectivity index (χ1) is 9.09. The van der Waals surface area contributed by atoms with E-state index in [9.17, 15) is 9.59 Å². The summed E-state index contributed by atoms with van der Waals surface area (Å²) in [5, 5.41) is 19.2. The molecule has 104 valence electrons. The predicted octanol–water partition coefficient (Wildman–Crippen LogP) is -1.19. The summed E-state index contributed by atoms with van der Waals surface area (Å²) in [4.78, 5) is 24.2. The molecule has 1 saturated heterocycles.